The Balaban J connectivity index is 2.17. The Morgan fingerprint density at radius 1 is 1.07 bits per heavy atom. The summed E-state index contributed by atoms with van der Waals surface area (Å²) >= 11 is 0. The Bertz CT molecular complexity index is 855. The molecular weight excluding hydrogens is 373 g/mol. The van der Waals surface area contributed by atoms with Gasteiger partial charge in [-0.05, 0) is 62.6 Å². The summed E-state index contributed by atoms with van der Waals surface area (Å²) in [4.78, 5) is 24.8. The first kappa shape index (κ1) is 22.1. The number of carbonyl (C=O) groups is 2. The van der Waals surface area contributed by atoms with Gasteiger partial charge >= 0.3 is 12.1 Å². The van der Waals surface area contributed by atoms with Gasteiger partial charge in [0.15, 0.2) is 0 Å². The minimum atomic E-state index is -1.06. The van der Waals surface area contributed by atoms with Crippen LogP contribution < -0.4 is 5.32 Å². The third kappa shape index (κ3) is 7.78. The zero-order chi connectivity index (χ0) is 21.4. The fourth-order valence-electron chi connectivity index (χ4n) is 2.48. The largest absolute Gasteiger partial charge is 0.459 e. The molecule has 0 aliphatic rings. The number of allylic oxidation sites excluding steroid dienone is 1. The monoisotopic (exact) mass is 399 g/mol. The summed E-state index contributed by atoms with van der Waals surface area (Å²) in [5.41, 5.74) is 1.52. The normalized spacial score (nSPS) is 12.8. The molecule has 0 spiro atoms. The van der Waals surface area contributed by atoms with Crippen molar-refractivity contribution in [2.24, 2.45) is 0 Å². The van der Waals surface area contributed by atoms with Gasteiger partial charge in [-0.1, -0.05) is 42.5 Å². The van der Waals surface area contributed by atoms with Gasteiger partial charge in [0.25, 0.3) is 0 Å². The van der Waals surface area contributed by atoms with Crippen LogP contribution in [0.25, 0.3) is 5.57 Å². The number of ether oxygens (including phenoxy) is 2. The summed E-state index contributed by atoms with van der Waals surface area (Å²) in [7, 11) is 0. The van der Waals surface area contributed by atoms with E-state index in [0.717, 1.165) is 11.1 Å². The van der Waals surface area contributed by atoms with E-state index in [2.05, 4.69) is 5.32 Å². The number of esters is 1. The first-order valence-corrected chi connectivity index (χ1v) is 9.28. The lowest BCUT2D eigenvalue weighted by Gasteiger charge is -2.22. The quantitative estimate of drug-likeness (QED) is 0.704. The van der Waals surface area contributed by atoms with Crippen molar-refractivity contribution < 1.29 is 23.5 Å². The summed E-state index contributed by atoms with van der Waals surface area (Å²) in [6, 6.07) is 14.0. The van der Waals surface area contributed by atoms with Crippen LogP contribution in [0.4, 0.5) is 9.18 Å². The highest BCUT2D eigenvalue weighted by Crippen LogP contribution is 2.16. The number of nitrogens with one attached hydrogen (secondary N) is 1. The number of halogens is 1. The molecular formula is C23H26FNO4. The number of carbonyl (C=O) groups excluding carboxylic acids is 2. The summed E-state index contributed by atoms with van der Waals surface area (Å²) in [5.74, 6) is -0.978. The van der Waals surface area contributed by atoms with Gasteiger partial charge in [0.2, 0.25) is 0 Å². The van der Waals surface area contributed by atoms with Crippen LogP contribution in [0.2, 0.25) is 0 Å². The SMILES string of the molecule is C/C(=C\C(NC(=O)OC(C)(C)C)C(=O)OCc1ccccc1)c1ccc(F)cc1. The fourth-order valence-corrected chi connectivity index (χ4v) is 2.48. The Morgan fingerprint density at radius 3 is 2.28 bits per heavy atom. The van der Waals surface area contributed by atoms with E-state index < -0.39 is 23.7 Å². The number of hydrogen-bond donors (Lipinski definition) is 1. The van der Waals surface area contributed by atoms with E-state index in [-0.39, 0.29) is 12.4 Å². The van der Waals surface area contributed by atoms with E-state index in [1.54, 1.807) is 45.9 Å². The maximum absolute atomic E-state index is 13.2. The lowest BCUT2D eigenvalue weighted by Crippen LogP contribution is -2.43. The molecule has 2 aromatic rings. The van der Waals surface area contributed by atoms with E-state index in [1.165, 1.54) is 12.1 Å². The van der Waals surface area contributed by atoms with Crippen molar-refractivity contribution in [3.63, 3.8) is 0 Å². The Labute approximate surface area is 170 Å². The number of alkyl carbamates (subject to hydrolysis) is 1. The summed E-state index contributed by atoms with van der Waals surface area (Å²) < 4.78 is 23.8. The van der Waals surface area contributed by atoms with Crippen LogP contribution in [0.1, 0.15) is 38.8 Å². The lowest BCUT2D eigenvalue weighted by atomic mass is 10.0. The van der Waals surface area contributed by atoms with Gasteiger partial charge in [0.05, 0.1) is 0 Å². The minimum Gasteiger partial charge on any atom is -0.459 e. The first-order chi connectivity index (χ1) is 13.6. The highest BCUT2D eigenvalue weighted by molar-refractivity contribution is 5.85. The van der Waals surface area contributed by atoms with Gasteiger partial charge in [-0.3, -0.25) is 0 Å². The number of benzene rings is 2. The molecule has 1 amide bonds. The Hall–Kier alpha value is -3.15. The fraction of sp³-hybridized carbons (Fsp3) is 0.304. The molecule has 154 valence electrons. The van der Waals surface area contributed by atoms with E-state index in [1.807, 2.05) is 30.3 Å². The molecule has 0 radical (unpaired) electrons. The average molecular weight is 399 g/mol. The predicted octanol–water partition coefficient (Wildman–Crippen LogP) is 4.87. The minimum absolute atomic E-state index is 0.0790. The molecule has 0 aliphatic carbocycles. The van der Waals surface area contributed by atoms with Crippen molar-refractivity contribution in [1.29, 1.82) is 0 Å². The second-order valence-corrected chi connectivity index (χ2v) is 7.57. The smallest absolute Gasteiger partial charge is 0.408 e. The molecule has 6 heteroatoms. The second-order valence-electron chi connectivity index (χ2n) is 7.57. The van der Waals surface area contributed by atoms with Crippen molar-refractivity contribution >= 4 is 17.6 Å². The molecule has 0 aromatic heterocycles. The standard InChI is InChI=1S/C23H26FNO4/c1-16(18-10-12-19(24)13-11-18)14-20(25-22(27)29-23(2,3)4)21(26)28-15-17-8-6-5-7-9-17/h5-14,20H,15H2,1-4H3,(H,25,27)/b16-14+. The van der Waals surface area contributed by atoms with E-state index >= 15 is 0 Å². The third-order valence-electron chi connectivity index (χ3n) is 3.87. The second kappa shape index (κ2) is 9.87. The summed E-state index contributed by atoms with van der Waals surface area (Å²) in [6.45, 7) is 7.04. The van der Waals surface area contributed by atoms with E-state index in [9.17, 15) is 14.0 Å². The molecule has 0 saturated carbocycles. The molecule has 0 saturated heterocycles. The maximum atomic E-state index is 13.2. The van der Waals surface area contributed by atoms with E-state index in [4.69, 9.17) is 9.47 Å². The molecule has 2 rings (SSSR count). The van der Waals surface area contributed by atoms with Crippen LogP contribution in [0, 0.1) is 5.82 Å². The highest BCUT2D eigenvalue weighted by Gasteiger charge is 2.24. The van der Waals surface area contributed by atoms with Crippen molar-refractivity contribution in [3.8, 4) is 0 Å². The van der Waals surface area contributed by atoms with E-state index in [0.29, 0.717) is 5.57 Å². The predicted molar refractivity (Wildman–Crippen MR) is 109 cm³/mol. The topological polar surface area (TPSA) is 64.6 Å². The zero-order valence-corrected chi connectivity index (χ0v) is 17.1. The Morgan fingerprint density at radius 2 is 1.69 bits per heavy atom. The maximum Gasteiger partial charge on any atom is 0.408 e. The Kier molecular flexibility index (Phi) is 7.53. The van der Waals surface area contributed by atoms with Crippen LogP contribution >= 0.6 is 0 Å². The average Bonchev–Trinajstić information content (AvgIpc) is 2.65. The van der Waals surface area contributed by atoms with Gasteiger partial charge in [0.1, 0.15) is 24.1 Å². The molecule has 1 atom stereocenters. The number of hydrogen-bond acceptors (Lipinski definition) is 4. The summed E-state index contributed by atoms with van der Waals surface area (Å²) in [5, 5.41) is 2.54. The number of rotatable bonds is 6. The van der Waals surface area contributed by atoms with Crippen LogP contribution in [0.3, 0.4) is 0 Å². The first-order valence-electron chi connectivity index (χ1n) is 9.28. The van der Waals surface area contributed by atoms with Crippen LogP contribution in [-0.4, -0.2) is 23.7 Å². The summed E-state index contributed by atoms with van der Waals surface area (Å²) in [6.07, 6.45) is 0.826. The van der Waals surface area contributed by atoms with Crippen LogP contribution in [-0.2, 0) is 20.9 Å². The van der Waals surface area contributed by atoms with Gasteiger partial charge in [-0.2, -0.15) is 0 Å². The lowest BCUT2D eigenvalue weighted by molar-refractivity contribution is -0.146. The van der Waals surface area contributed by atoms with Gasteiger partial charge in [0, 0.05) is 0 Å². The molecule has 0 aliphatic heterocycles. The zero-order valence-electron chi connectivity index (χ0n) is 17.1. The molecule has 29 heavy (non-hydrogen) atoms. The molecule has 0 heterocycles. The van der Waals surface area contributed by atoms with Crippen molar-refractivity contribution in [2.45, 2.75) is 45.9 Å². The highest BCUT2D eigenvalue weighted by atomic mass is 19.1. The van der Waals surface area contributed by atoms with Gasteiger partial charge < -0.3 is 14.8 Å². The molecule has 2 aromatic carbocycles. The van der Waals surface area contributed by atoms with Crippen molar-refractivity contribution in [2.75, 3.05) is 0 Å². The van der Waals surface area contributed by atoms with Crippen LogP contribution in [0.5, 0.6) is 0 Å². The van der Waals surface area contributed by atoms with Gasteiger partial charge in [-0.15, -0.1) is 0 Å². The van der Waals surface area contributed by atoms with Gasteiger partial charge in [-0.25, -0.2) is 14.0 Å². The third-order valence-corrected chi connectivity index (χ3v) is 3.87. The van der Waals surface area contributed by atoms with Crippen molar-refractivity contribution in [1.82, 2.24) is 5.32 Å². The number of amides is 1. The molecule has 0 fully saturated rings. The molecule has 1 unspecified atom stereocenters. The van der Waals surface area contributed by atoms with Crippen LogP contribution in [0.15, 0.2) is 60.7 Å². The molecule has 0 bridgehead atoms. The molecule has 5 nitrogen and oxygen atoms in total. The molecule has 1 N–H and O–H groups in total. The van der Waals surface area contributed by atoms with Crippen molar-refractivity contribution in [3.05, 3.63) is 77.6 Å².